The number of rotatable bonds is 6. The molecule has 0 radical (unpaired) electrons. The topological polar surface area (TPSA) is 92.2 Å². The number of hydrogen-bond acceptors (Lipinski definition) is 4. The van der Waals surface area contributed by atoms with Crippen LogP contribution in [0.5, 0.6) is 0 Å². The van der Waals surface area contributed by atoms with Crippen molar-refractivity contribution in [3.8, 4) is 0 Å². The van der Waals surface area contributed by atoms with E-state index >= 15 is 0 Å². The molecule has 0 aliphatic carbocycles. The van der Waals surface area contributed by atoms with E-state index in [9.17, 15) is 9.59 Å². The van der Waals surface area contributed by atoms with E-state index in [1.54, 1.807) is 6.92 Å². The SMILES string of the molecule is CCCCC(=O)Nc1nc2nc(C)c(Cc3ccccc3)c(=O)n2[nH]1. The van der Waals surface area contributed by atoms with Gasteiger partial charge in [0.1, 0.15) is 0 Å². The second-order valence-corrected chi connectivity index (χ2v) is 6.00. The van der Waals surface area contributed by atoms with E-state index in [0.717, 1.165) is 18.4 Å². The number of aryl methyl sites for hydroxylation is 1. The number of anilines is 1. The average molecular weight is 339 g/mol. The third kappa shape index (κ3) is 3.76. The fourth-order valence-electron chi connectivity index (χ4n) is 2.65. The maximum Gasteiger partial charge on any atom is 0.277 e. The minimum Gasteiger partial charge on any atom is -0.295 e. The Balaban J connectivity index is 1.91. The molecule has 0 spiro atoms. The van der Waals surface area contributed by atoms with Crippen LogP contribution in [0.2, 0.25) is 0 Å². The van der Waals surface area contributed by atoms with Crippen LogP contribution in [0, 0.1) is 6.92 Å². The Morgan fingerprint density at radius 3 is 2.72 bits per heavy atom. The van der Waals surface area contributed by atoms with Gasteiger partial charge in [0.25, 0.3) is 11.3 Å². The highest BCUT2D eigenvalue weighted by molar-refractivity contribution is 5.89. The molecule has 3 rings (SSSR count). The summed E-state index contributed by atoms with van der Waals surface area (Å²) in [5.41, 5.74) is 2.09. The molecule has 130 valence electrons. The van der Waals surface area contributed by atoms with Gasteiger partial charge >= 0.3 is 0 Å². The molecule has 2 aromatic heterocycles. The molecule has 0 fully saturated rings. The van der Waals surface area contributed by atoms with Crippen LogP contribution >= 0.6 is 0 Å². The van der Waals surface area contributed by atoms with Crippen molar-refractivity contribution in [2.24, 2.45) is 0 Å². The summed E-state index contributed by atoms with van der Waals surface area (Å²) in [5, 5.41) is 5.50. The standard InChI is InChI=1S/C18H21N5O2/c1-3-4-10-15(24)20-17-21-18-19-12(2)14(16(25)23(18)22-17)11-13-8-6-5-7-9-13/h5-9H,3-4,10-11H2,1-2H3,(H2,19,20,21,22,24). The first kappa shape index (κ1) is 16.9. The number of amides is 1. The summed E-state index contributed by atoms with van der Waals surface area (Å²) < 4.78 is 1.28. The quantitative estimate of drug-likeness (QED) is 0.721. The number of carbonyl (C=O) groups is 1. The molecule has 1 aromatic carbocycles. The molecule has 0 unspecified atom stereocenters. The molecule has 0 saturated heterocycles. The molecule has 3 aromatic rings. The van der Waals surface area contributed by atoms with Gasteiger partial charge in [0, 0.05) is 18.4 Å². The summed E-state index contributed by atoms with van der Waals surface area (Å²) in [4.78, 5) is 33.2. The van der Waals surface area contributed by atoms with Gasteiger partial charge in [-0.2, -0.15) is 9.50 Å². The Labute approximate surface area is 145 Å². The van der Waals surface area contributed by atoms with Gasteiger partial charge in [0.05, 0.1) is 5.69 Å². The van der Waals surface area contributed by atoms with Crippen molar-refractivity contribution in [3.05, 3.63) is 57.5 Å². The predicted octanol–water partition coefficient (Wildman–Crippen LogP) is 2.45. The number of H-pyrrole nitrogens is 1. The third-order valence-corrected chi connectivity index (χ3v) is 4.03. The fourth-order valence-corrected chi connectivity index (χ4v) is 2.65. The second kappa shape index (κ2) is 7.29. The zero-order chi connectivity index (χ0) is 17.8. The maximum absolute atomic E-state index is 12.8. The van der Waals surface area contributed by atoms with Crippen molar-refractivity contribution in [3.63, 3.8) is 0 Å². The molecule has 0 atom stereocenters. The number of hydrogen-bond donors (Lipinski definition) is 2. The van der Waals surface area contributed by atoms with Gasteiger partial charge in [-0.05, 0) is 18.9 Å². The van der Waals surface area contributed by atoms with E-state index < -0.39 is 0 Å². The normalized spacial score (nSPS) is 11.0. The lowest BCUT2D eigenvalue weighted by Gasteiger charge is -2.04. The van der Waals surface area contributed by atoms with Gasteiger partial charge in [-0.1, -0.05) is 43.7 Å². The summed E-state index contributed by atoms with van der Waals surface area (Å²) >= 11 is 0. The van der Waals surface area contributed by atoms with Crippen LogP contribution in [0.4, 0.5) is 5.95 Å². The number of nitrogens with zero attached hydrogens (tertiary/aromatic N) is 3. The number of aromatic amines is 1. The van der Waals surface area contributed by atoms with E-state index in [1.807, 2.05) is 37.3 Å². The summed E-state index contributed by atoms with van der Waals surface area (Å²) in [6, 6.07) is 9.76. The van der Waals surface area contributed by atoms with Gasteiger partial charge in [0.2, 0.25) is 11.9 Å². The molecule has 1 amide bonds. The van der Waals surface area contributed by atoms with Gasteiger partial charge in [-0.15, -0.1) is 0 Å². The molecular weight excluding hydrogens is 318 g/mol. The molecular formula is C18H21N5O2. The van der Waals surface area contributed by atoms with Gasteiger partial charge in [-0.3, -0.25) is 20.0 Å². The minimum absolute atomic E-state index is 0.129. The van der Waals surface area contributed by atoms with Crippen molar-refractivity contribution < 1.29 is 4.79 Å². The Morgan fingerprint density at radius 1 is 1.24 bits per heavy atom. The Hall–Kier alpha value is -2.96. The number of fused-ring (bicyclic) bond motifs is 1. The monoisotopic (exact) mass is 339 g/mol. The summed E-state index contributed by atoms with van der Waals surface area (Å²) in [5.74, 6) is 0.363. The first-order chi connectivity index (χ1) is 12.1. The van der Waals surface area contributed by atoms with Crippen molar-refractivity contribution in [1.82, 2.24) is 19.6 Å². The maximum atomic E-state index is 12.8. The van der Waals surface area contributed by atoms with Crippen LogP contribution in [-0.2, 0) is 11.2 Å². The highest BCUT2D eigenvalue weighted by atomic mass is 16.2. The highest BCUT2D eigenvalue weighted by Crippen LogP contribution is 2.11. The Bertz CT molecular complexity index is 943. The van der Waals surface area contributed by atoms with E-state index in [2.05, 4.69) is 20.4 Å². The number of carbonyl (C=O) groups excluding carboxylic acids is 1. The summed E-state index contributed by atoms with van der Waals surface area (Å²) in [6.45, 7) is 3.82. The van der Waals surface area contributed by atoms with Crippen LogP contribution < -0.4 is 10.9 Å². The van der Waals surface area contributed by atoms with E-state index in [1.165, 1.54) is 4.52 Å². The molecule has 2 N–H and O–H groups in total. The largest absolute Gasteiger partial charge is 0.295 e. The summed E-state index contributed by atoms with van der Waals surface area (Å²) in [7, 11) is 0. The lowest BCUT2D eigenvalue weighted by Crippen LogP contribution is -2.22. The number of unbranched alkanes of at least 4 members (excludes halogenated alkanes) is 1. The molecule has 0 aliphatic heterocycles. The lowest BCUT2D eigenvalue weighted by molar-refractivity contribution is -0.116. The van der Waals surface area contributed by atoms with Crippen molar-refractivity contribution in [2.45, 2.75) is 39.5 Å². The first-order valence-electron chi connectivity index (χ1n) is 8.40. The first-order valence-corrected chi connectivity index (χ1v) is 8.40. The van der Waals surface area contributed by atoms with Crippen LogP contribution in [0.15, 0.2) is 35.1 Å². The lowest BCUT2D eigenvalue weighted by atomic mass is 10.1. The van der Waals surface area contributed by atoms with Gasteiger partial charge < -0.3 is 0 Å². The number of benzene rings is 1. The smallest absolute Gasteiger partial charge is 0.277 e. The van der Waals surface area contributed by atoms with E-state index in [4.69, 9.17) is 0 Å². The predicted molar refractivity (Wildman–Crippen MR) is 95.7 cm³/mol. The second-order valence-electron chi connectivity index (χ2n) is 6.00. The van der Waals surface area contributed by atoms with E-state index in [0.29, 0.717) is 24.1 Å². The molecule has 25 heavy (non-hydrogen) atoms. The van der Waals surface area contributed by atoms with Gasteiger partial charge in [-0.25, -0.2) is 4.98 Å². The van der Waals surface area contributed by atoms with E-state index in [-0.39, 0.29) is 23.2 Å². The average Bonchev–Trinajstić information content (AvgIpc) is 3.00. The zero-order valence-corrected chi connectivity index (χ0v) is 14.4. The highest BCUT2D eigenvalue weighted by Gasteiger charge is 2.14. The summed E-state index contributed by atoms with van der Waals surface area (Å²) in [6.07, 6.45) is 2.67. The van der Waals surface area contributed by atoms with Crippen molar-refractivity contribution >= 4 is 17.6 Å². The Morgan fingerprint density at radius 2 is 2.00 bits per heavy atom. The fraction of sp³-hybridized carbons (Fsp3) is 0.333. The number of nitrogens with one attached hydrogen (secondary N) is 2. The molecule has 2 heterocycles. The Kier molecular flexibility index (Phi) is 4.92. The molecule has 0 saturated carbocycles. The molecule has 7 nitrogen and oxygen atoms in total. The van der Waals surface area contributed by atoms with Crippen LogP contribution in [0.3, 0.4) is 0 Å². The molecule has 0 bridgehead atoms. The minimum atomic E-state index is -0.201. The van der Waals surface area contributed by atoms with Crippen LogP contribution in [0.1, 0.15) is 43.0 Å². The van der Waals surface area contributed by atoms with Crippen molar-refractivity contribution in [2.75, 3.05) is 5.32 Å². The molecule has 7 heteroatoms. The van der Waals surface area contributed by atoms with Gasteiger partial charge in [0.15, 0.2) is 0 Å². The number of aromatic nitrogens is 4. The van der Waals surface area contributed by atoms with Crippen molar-refractivity contribution in [1.29, 1.82) is 0 Å². The molecule has 0 aliphatic rings. The third-order valence-electron chi connectivity index (χ3n) is 4.03. The zero-order valence-electron chi connectivity index (χ0n) is 14.4. The van der Waals surface area contributed by atoms with Crippen LogP contribution in [-0.4, -0.2) is 25.5 Å². The van der Waals surface area contributed by atoms with Crippen LogP contribution in [0.25, 0.3) is 5.78 Å².